The van der Waals surface area contributed by atoms with Crippen molar-refractivity contribution in [1.29, 1.82) is 0 Å². The van der Waals surface area contributed by atoms with Gasteiger partial charge in [0.25, 0.3) is 5.91 Å². The zero-order chi connectivity index (χ0) is 17.7. The minimum atomic E-state index is -0.310. The third-order valence-corrected chi connectivity index (χ3v) is 3.88. The van der Waals surface area contributed by atoms with Gasteiger partial charge in [0.15, 0.2) is 0 Å². The maximum Gasteiger partial charge on any atom is 0.409 e. The predicted octanol–water partition coefficient (Wildman–Crippen LogP) is 2.70. The molecule has 0 saturated carbocycles. The molecule has 1 aromatic carbocycles. The Balaban J connectivity index is 1.98. The zero-order valence-corrected chi connectivity index (χ0v) is 14.9. The minimum absolute atomic E-state index is 0.0160. The molecule has 1 aromatic rings. The quantitative estimate of drug-likeness (QED) is 0.849. The van der Waals surface area contributed by atoms with Gasteiger partial charge in [-0.05, 0) is 51.5 Å². The van der Waals surface area contributed by atoms with Crippen molar-refractivity contribution in [2.24, 2.45) is 0 Å². The van der Waals surface area contributed by atoms with Crippen LogP contribution < -0.4 is 4.74 Å². The Morgan fingerprint density at radius 1 is 1.12 bits per heavy atom. The molecule has 0 spiro atoms. The van der Waals surface area contributed by atoms with Crippen LogP contribution in [0.1, 0.15) is 36.7 Å². The Kier molecular flexibility index (Phi) is 6.06. The van der Waals surface area contributed by atoms with Crippen LogP contribution in [0.2, 0.25) is 0 Å². The summed E-state index contributed by atoms with van der Waals surface area (Å²) in [5.74, 6) is 0.784. The Bertz CT molecular complexity index is 593. The highest BCUT2D eigenvalue weighted by Gasteiger charge is 2.25. The highest BCUT2D eigenvalue weighted by molar-refractivity contribution is 5.94. The summed E-state index contributed by atoms with van der Waals surface area (Å²) in [6.45, 7) is 10.1. The van der Waals surface area contributed by atoms with E-state index in [1.807, 2.05) is 32.9 Å². The predicted molar refractivity (Wildman–Crippen MR) is 91.4 cm³/mol. The van der Waals surface area contributed by atoms with Crippen molar-refractivity contribution in [3.8, 4) is 5.75 Å². The van der Waals surface area contributed by atoms with Gasteiger partial charge in [-0.15, -0.1) is 0 Å². The highest BCUT2D eigenvalue weighted by Crippen LogP contribution is 2.21. The first-order chi connectivity index (χ1) is 11.4. The number of carbonyl (C=O) groups excluding carboxylic acids is 2. The van der Waals surface area contributed by atoms with Crippen molar-refractivity contribution < 1.29 is 19.1 Å². The molecule has 0 aliphatic carbocycles. The maximum absolute atomic E-state index is 12.6. The van der Waals surface area contributed by atoms with Crippen LogP contribution in [0.25, 0.3) is 0 Å². The van der Waals surface area contributed by atoms with Crippen molar-refractivity contribution in [2.75, 3.05) is 32.8 Å². The number of hydrogen-bond acceptors (Lipinski definition) is 4. The SMILES string of the molecule is CCOC(=O)N1CCN(C(=O)c2ccc(OC(C)C)c(C)c2)CC1. The smallest absolute Gasteiger partial charge is 0.409 e. The number of ether oxygens (including phenoxy) is 2. The summed E-state index contributed by atoms with van der Waals surface area (Å²) in [7, 11) is 0. The van der Waals surface area contributed by atoms with E-state index in [0.29, 0.717) is 38.3 Å². The molecule has 6 nitrogen and oxygen atoms in total. The van der Waals surface area contributed by atoms with Crippen LogP contribution in [-0.2, 0) is 4.74 Å². The number of aryl methyl sites for hydroxylation is 1. The number of nitrogens with zero attached hydrogens (tertiary/aromatic N) is 2. The summed E-state index contributed by atoms with van der Waals surface area (Å²) in [6.07, 6.45) is -0.211. The van der Waals surface area contributed by atoms with E-state index in [9.17, 15) is 9.59 Å². The van der Waals surface area contributed by atoms with Crippen LogP contribution in [0.4, 0.5) is 4.79 Å². The van der Waals surface area contributed by atoms with Gasteiger partial charge >= 0.3 is 6.09 Å². The average molecular weight is 334 g/mol. The number of piperazine rings is 1. The van der Waals surface area contributed by atoms with E-state index < -0.39 is 0 Å². The Hall–Kier alpha value is -2.24. The lowest BCUT2D eigenvalue weighted by Gasteiger charge is -2.34. The molecule has 24 heavy (non-hydrogen) atoms. The van der Waals surface area contributed by atoms with E-state index in [4.69, 9.17) is 9.47 Å². The Morgan fingerprint density at radius 2 is 1.75 bits per heavy atom. The molecule has 1 aliphatic rings. The summed E-state index contributed by atoms with van der Waals surface area (Å²) in [4.78, 5) is 27.7. The van der Waals surface area contributed by atoms with E-state index in [1.165, 1.54) is 0 Å². The first kappa shape index (κ1) is 18.1. The van der Waals surface area contributed by atoms with E-state index in [0.717, 1.165) is 11.3 Å². The molecule has 132 valence electrons. The number of hydrogen-bond donors (Lipinski definition) is 0. The van der Waals surface area contributed by atoms with Crippen molar-refractivity contribution in [2.45, 2.75) is 33.8 Å². The third kappa shape index (κ3) is 4.40. The van der Waals surface area contributed by atoms with Crippen molar-refractivity contribution >= 4 is 12.0 Å². The number of benzene rings is 1. The van der Waals surface area contributed by atoms with Crippen LogP contribution in [-0.4, -0.2) is 60.7 Å². The molecule has 2 rings (SSSR count). The second-order valence-corrected chi connectivity index (χ2v) is 6.13. The fourth-order valence-electron chi connectivity index (χ4n) is 2.66. The lowest BCUT2D eigenvalue weighted by molar-refractivity contribution is 0.0570. The van der Waals surface area contributed by atoms with Gasteiger partial charge < -0.3 is 19.3 Å². The Labute approximate surface area is 143 Å². The molecule has 6 heteroatoms. The van der Waals surface area contributed by atoms with Gasteiger partial charge in [0, 0.05) is 31.7 Å². The molecule has 0 bridgehead atoms. The molecule has 1 saturated heterocycles. The standard InChI is InChI=1S/C18H26N2O4/c1-5-23-18(22)20-10-8-19(9-11-20)17(21)15-6-7-16(14(4)12-15)24-13(2)3/h6-7,12-13H,5,8-11H2,1-4H3. The second kappa shape index (κ2) is 8.04. The van der Waals surface area contributed by atoms with Crippen molar-refractivity contribution in [3.63, 3.8) is 0 Å². The van der Waals surface area contributed by atoms with Crippen LogP contribution >= 0.6 is 0 Å². The van der Waals surface area contributed by atoms with Gasteiger partial charge in [-0.25, -0.2) is 4.79 Å². The van der Waals surface area contributed by atoms with Crippen LogP contribution in [0.5, 0.6) is 5.75 Å². The first-order valence-corrected chi connectivity index (χ1v) is 8.40. The highest BCUT2D eigenvalue weighted by atomic mass is 16.6. The van der Waals surface area contributed by atoms with Crippen molar-refractivity contribution in [3.05, 3.63) is 29.3 Å². The Morgan fingerprint density at radius 3 is 2.29 bits per heavy atom. The van der Waals surface area contributed by atoms with Crippen molar-refractivity contribution in [1.82, 2.24) is 9.80 Å². The summed E-state index contributed by atoms with van der Waals surface area (Å²) < 4.78 is 10.7. The average Bonchev–Trinajstić information content (AvgIpc) is 2.56. The first-order valence-electron chi connectivity index (χ1n) is 8.40. The maximum atomic E-state index is 12.6. The van der Waals surface area contributed by atoms with Gasteiger partial charge in [-0.3, -0.25) is 4.79 Å². The molecular formula is C18H26N2O4. The van der Waals surface area contributed by atoms with Gasteiger partial charge in [0.2, 0.25) is 0 Å². The van der Waals surface area contributed by atoms with E-state index in [1.54, 1.807) is 22.8 Å². The number of carbonyl (C=O) groups is 2. The van der Waals surface area contributed by atoms with Crippen LogP contribution in [0.3, 0.4) is 0 Å². The third-order valence-electron chi connectivity index (χ3n) is 3.88. The lowest BCUT2D eigenvalue weighted by atomic mass is 10.1. The molecular weight excluding hydrogens is 308 g/mol. The summed E-state index contributed by atoms with van der Waals surface area (Å²) in [6, 6.07) is 5.50. The molecule has 0 atom stereocenters. The van der Waals surface area contributed by atoms with E-state index in [2.05, 4.69) is 0 Å². The molecule has 1 fully saturated rings. The molecule has 1 heterocycles. The largest absolute Gasteiger partial charge is 0.491 e. The molecule has 1 aliphatic heterocycles. The summed E-state index contributed by atoms with van der Waals surface area (Å²) >= 11 is 0. The number of amides is 2. The molecule has 0 aromatic heterocycles. The van der Waals surface area contributed by atoms with Crippen LogP contribution in [0, 0.1) is 6.92 Å². The van der Waals surface area contributed by atoms with Gasteiger partial charge in [-0.1, -0.05) is 0 Å². The van der Waals surface area contributed by atoms with E-state index >= 15 is 0 Å². The molecule has 2 amide bonds. The molecule has 0 unspecified atom stereocenters. The van der Waals surface area contributed by atoms with E-state index in [-0.39, 0.29) is 18.1 Å². The van der Waals surface area contributed by atoms with Gasteiger partial charge in [0.05, 0.1) is 12.7 Å². The summed E-state index contributed by atoms with van der Waals surface area (Å²) in [5, 5.41) is 0. The fourth-order valence-corrected chi connectivity index (χ4v) is 2.66. The summed E-state index contributed by atoms with van der Waals surface area (Å²) in [5.41, 5.74) is 1.59. The molecule has 0 N–H and O–H groups in total. The molecule has 0 radical (unpaired) electrons. The van der Waals surface area contributed by atoms with Crippen LogP contribution in [0.15, 0.2) is 18.2 Å². The van der Waals surface area contributed by atoms with Gasteiger partial charge in [-0.2, -0.15) is 0 Å². The fraction of sp³-hybridized carbons (Fsp3) is 0.556. The lowest BCUT2D eigenvalue weighted by Crippen LogP contribution is -2.50. The number of rotatable bonds is 4. The topological polar surface area (TPSA) is 59.1 Å². The monoisotopic (exact) mass is 334 g/mol. The van der Waals surface area contributed by atoms with Gasteiger partial charge in [0.1, 0.15) is 5.75 Å². The zero-order valence-electron chi connectivity index (χ0n) is 14.9. The normalized spacial score (nSPS) is 14.7. The minimum Gasteiger partial charge on any atom is -0.491 e. The second-order valence-electron chi connectivity index (χ2n) is 6.13.